The topological polar surface area (TPSA) is 29.5 Å². The smallest absolute Gasteiger partial charge is 0.0634 e. The molecule has 2 bridgehead atoms. The van der Waals surface area contributed by atoms with Crippen LogP contribution < -0.4 is 0 Å². The van der Waals surface area contributed by atoms with E-state index in [4.69, 9.17) is 9.84 Å². The molecule has 0 spiro atoms. The van der Waals surface area contributed by atoms with Crippen LogP contribution in [0.5, 0.6) is 0 Å². The summed E-state index contributed by atoms with van der Waals surface area (Å²) in [5.41, 5.74) is 0. The van der Waals surface area contributed by atoms with Gasteiger partial charge in [-0.15, -0.1) is 0 Å². The fourth-order valence-corrected chi connectivity index (χ4v) is 2.88. The second kappa shape index (κ2) is 2.96. The third-order valence-electron chi connectivity index (χ3n) is 3.01. The van der Waals surface area contributed by atoms with Crippen LogP contribution in [0, 0.1) is 11.8 Å². The molecule has 4 atom stereocenters. The number of hydrogen-bond donors (Lipinski definition) is 2. The van der Waals surface area contributed by atoms with Gasteiger partial charge >= 0.3 is 0 Å². The minimum atomic E-state index is 0.270. The molecule has 2 nitrogen and oxygen atoms in total. The number of aliphatic hydroxyl groups excluding tert-OH is 1. The highest BCUT2D eigenvalue weighted by molar-refractivity contribution is 7.80. The predicted octanol–water partition coefficient (Wildman–Crippen LogP) is 0.702. The van der Waals surface area contributed by atoms with Gasteiger partial charge in [-0.2, -0.15) is 12.6 Å². The average molecular weight is 174 g/mol. The lowest BCUT2D eigenvalue weighted by Gasteiger charge is -2.24. The third kappa shape index (κ3) is 1.10. The molecule has 0 aromatic heterocycles. The van der Waals surface area contributed by atoms with Gasteiger partial charge in [0, 0.05) is 18.4 Å². The Hall–Kier alpha value is 0.270. The van der Waals surface area contributed by atoms with E-state index in [1.807, 2.05) is 0 Å². The van der Waals surface area contributed by atoms with E-state index < -0.39 is 0 Å². The fraction of sp³-hybridized carbons (Fsp3) is 1.00. The van der Waals surface area contributed by atoms with Crippen molar-refractivity contribution in [1.82, 2.24) is 0 Å². The van der Waals surface area contributed by atoms with Crippen LogP contribution in [0.3, 0.4) is 0 Å². The molecule has 0 amide bonds. The van der Waals surface area contributed by atoms with Gasteiger partial charge in [0.15, 0.2) is 0 Å². The summed E-state index contributed by atoms with van der Waals surface area (Å²) >= 11 is 4.27. The van der Waals surface area contributed by atoms with Gasteiger partial charge in [0.2, 0.25) is 0 Å². The molecule has 1 N–H and O–H groups in total. The highest BCUT2D eigenvalue weighted by Crippen LogP contribution is 2.43. The Labute approximate surface area is 72.3 Å². The second-order valence-corrected chi connectivity index (χ2v) is 3.85. The monoisotopic (exact) mass is 174 g/mol. The van der Waals surface area contributed by atoms with Crippen molar-refractivity contribution in [2.45, 2.75) is 25.0 Å². The van der Waals surface area contributed by atoms with Crippen LogP contribution in [0.2, 0.25) is 0 Å². The van der Waals surface area contributed by atoms with E-state index in [-0.39, 0.29) is 6.61 Å². The van der Waals surface area contributed by atoms with Crippen LogP contribution in [0.1, 0.15) is 12.8 Å². The molecule has 0 radical (unpaired) electrons. The molecule has 2 fully saturated rings. The predicted molar refractivity (Wildman–Crippen MR) is 45.8 cm³/mol. The summed E-state index contributed by atoms with van der Waals surface area (Å²) in [4.78, 5) is 0. The van der Waals surface area contributed by atoms with Crippen LogP contribution in [0.4, 0.5) is 0 Å². The summed E-state index contributed by atoms with van der Waals surface area (Å²) in [6.45, 7) is 0.270. The van der Waals surface area contributed by atoms with Crippen LogP contribution in [0.25, 0.3) is 0 Å². The third-order valence-corrected chi connectivity index (χ3v) is 3.43. The molecule has 0 unspecified atom stereocenters. The van der Waals surface area contributed by atoms with Crippen molar-refractivity contribution < 1.29 is 9.84 Å². The molecule has 2 heterocycles. The van der Waals surface area contributed by atoms with Crippen LogP contribution in [-0.2, 0) is 4.74 Å². The van der Waals surface area contributed by atoms with E-state index >= 15 is 0 Å². The molecule has 2 rings (SSSR count). The van der Waals surface area contributed by atoms with Crippen molar-refractivity contribution in [3.63, 3.8) is 0 Å². The van der Waals surface area contributed by atoms with E-state index in [0.29, 0.717) is 24.0 Å². The largest absolute Gasteiger partial charge is 0.396 e. The Morgan fingerprint density at radius 3 is 2.36 bits per heavy atom. The van der Waals surface area contributed by atoms with Crippen LogP contribution >= 0.6 is 12.6 Å². The molecule has 3 heteroatoms. The maximum atomic E-state index is 9.08. The first-order valence-electron chi connectivity index (χ1n) is 4.24. The Balaban J connectivity index is 2.08. The summed E-state index contributed by atoms with van der Waals surface area (Å²) in [5, 5.41) is 9.08. The van der Waals surface area contributed by atoms with E-state index in [1.165, 1.54) is 6.42 Å². The zero-order valence-electron chi connectivity index (χ0n) is 6.44. The van der Waals surface area contributed by atoms with Gasteiger partial charge in [-0.05, 0) is 18.6 Å². The molecular weight excluding hydrogens is 160 g/mol. The normalized spacial score (nSPS) is 48.5. The lowest BCUT2D eigenvalue weighted by Crippen LogP contribution is -2.30. The average Bonchev–Trinajstić information content (AvgIpc) is 2.60. The lowest BCUT2D eigenvalue weighted by atomic mass is 9.81. The molecule has 2 saturated heterocycles. The molecule has 11 heavy (non-hydrogen) atoms. The summed E-state index contributed by atoms with van der Waals surface area (Å²) in [7, 11) is 0. The van der Waals surface area contributed by atoms with Gasteiger partial charge in [0.25, 0.3) is 0 Å². The van der Waals surface area contributed by atoms with Gasteiger partial charge in [-0.1, -0.05) is 0 Å². The van der Waals surface area contributed by atoms with Gasteiger partial charge in [-0.3, -0.25) is 0 Å². The van der Waals surface area contributed by atoms with Gasteiger partial charge in [-0.25, -0.2) is 0 Å². The number of ether oxygens (including phenoxy) is 1. The van der Waals surface area contributed by atoms with E-state index in [9.17, 15) is 0 Å². The molecule has 2 aliphatic rings. The first-order chi connectivity index (χ1) is 5.36. The summed E-state index contributed by atoms with van der Waals surface area (Å²) in [6.07, 6.45) is 3.05. The van der Waals surface area contributed by atoms with Crippen molar-refractivity contribution in [3.05, 3.63) is 0 Å². The summed E-state index contributed by atoms with van der Waals surface area (Å²) in [5.74, 6) is 1.72. The highest BCUT2D eigenvalue weighted by Gasteiger charge is 2.47. The summed E-state index contributed by atoms with van der Waals surface area (Å²) < 4.78 is 5.67. The number of fused-ring (bicyclic) bond motifs is 2. The SMILES string of the molecule is OC[C@@H]1[C@H](CS)[C@@H]2CC[C@H]1O2. The first kappa shape index (κ1) is 7.90. The maximum absolute atomic E-state index is 9.08. The molecule has 0 saturated carbocycles. The van der Waals surface area contributed by atoms with E-state index in [0.717, 1.165) is 12.2 Å². The molecule has 0 aromatic rings. The van der Waals surface area contributed by atoms with Crippen molar-refractivity contribution in [2.75, 3.05) is 12.4 Å². The second-order valence-electron chi connectivity index (χ2n) is 3.48. The standard InChI is InChI=1S/C8H14O2S/c9-3-5-6(4-11)8-2-1-7(5)10-8/h5-9,11H,1-4H2/t5-,6+,7-,8+/m1/s1. The Bertz CT molecular complexity index is 135. The summed E-state index contributed by atoms with van der Waals surface area (Å²) in [6, 6.07) is 0. The number of thiol groups is 1. The Kier molecular flexibility index (Phi) is 2.12. The van der Waals surface area contributed by atoms with Crippen molar-refractivity contribution in [1.29, 1.82) is 0 Å². The first-order valence-corrected chi connectivity index (χ1v) is 4.87. The van der Waals surface area contributed by atoms with Gasteiger partial charge in [0.1, 0.15) is 0 Å². The fourth-order valence-electron chi connectivity index (χ4n) is 2.38. The maximum Gasteiger partial charge on any atom is 0.0634 e. The highest BCUT2D eigenvalue weighted by atomic mass is 32.1. The molecule has 64 valence electrons. The zero-order valence-corrected chi connectivity index (χ0v) is 7.33. The molecule has 2 aliphatic heterocycles. The Morgan fingerprint density at radius 1 is 1.27 bits per heavy atom. The van der Waals surface area contributed by atoms with Crippen molar-refractivity contribution >= 4 is 12.6 Å². The van der Waals surface area contributed by atoms with E-state index in [2.05, 4.69) is 12.6 Å². The molecule has 0 aromatic carbocycles. The number of rotatable bonds is 2. The Morgan fingerprint density at radius 2 is 1.91 bits per heavy atom. The number of hydrogen-bond acceptors (Lipinski definition) is 3. The van der Waals surface area contributed by atoms with Crippen molar-refractivity contribution in [3.8, 4) is 0 Å². The van der Waals surface area contributed by atoms with Crippen LogP contribution in [0.15, 0.2) is 0 Å². The van der Waals surface area contributed by atoms with Gasteiger partial charge < -0.3 is 9.84 Å². The van der Waals surface area contributed by atoms with Gasteiger partial charge in [0.05, 0.1) is 12.2 Å². The number of aliphatic hydroxyl groups is 1. The van der Waals surface area contributed by atoms with E-state index in [1.54, 1.807) is 0 Å². The minimum Gasteiger partial charge on any atom is -0.396 e. The quantitative estimate of drug-likeness (QED) is 0.604. The molecular formula is C8H14O2S. The molecule has 0 aliphatic carbocycles. The van der Waals surface area contributed by atoms with Crippen molar-refractivity contribution in [2.24, 2.45) is 11.8 Å². The minimum absolute atomic E-state index is 0.270. The zero-order chi connectivity index (χ0) is 7.84. The van der Waals surface area contributed by atoms with Crippen LogP contribution in [-0.4, -0.2) is 29.7 Å². The lowest BCUT2D eigenvalue weighted by molar-refractivity contribution is 0.0789.